The van der Waals surface area contributed by atoms with Crippen molar-refractivity contribution in [3.8, 4) is 0 Å². The van der Waals surface area contributed by atoms with E-state index in [1.807, 2.05) is 0 Å². The van der Waals surface area contributed by atoms with E-state index in [2.05, 4.69) is 38.9 Å². The fourth-order valence-corrected chi connectivity index (χ4v) is 2.48. The van der Waals surface area contributed by atoms with Crippen molar-refractivity contribution in [1.29, 1.82) is 0 Å². The number of anilines is 1. The van der Waals surface area contributed by atoms with Gasteiger partial charge in [0.25, 0.3) is 0 Å². The number of carbonyl (C=O) groups excluding carboxylic acids is 1. The van der Waals surface area contributed by atoms with Crippen LogP contribution in [0.4, 0.5) is 5.82 Å². The first kappa shape index (κ1) is 13.7. The lowest BCUT2D eigenvalue weighted by Gasteiger charge is -2.42. The summed E-state index contributed by atoms with van der Waals surface area (Å²) in [7, 11) is 1.68. The van der Waals surface area contributed by atoms with Gasteiger partial charge < -0.3 is 10.2 Å². The van der Waals surface area contributed by atoms with Crippen molar-refractivity contribution in [1.82, 2.24) is 20.2 Å². The van der Waals surface area contributed by atoms with Gasteiger partial charge in [-0.2, -0.15) is 0 Å². The number of aromatic nitrogens is 2. The highest BCUT2D eigenvalue weighted by atomic mass is 16.2. The molecule has 0 saturated carbocycles. The van der Waals surface area contributed by atoms with Crippen molar-refractivity contribution in [2.75, 3.05) is 31.6 Å². The number of hydrogen-bond acceptors (Lipinski definition) is 5. The van der Waals surface area contributed by atoms with Gasteiger partial charge in [0.2, 0.25) is 5.91 Å². The molecule has 0 aromatic carbocycles. The number of nitrogens with zero attached hydrogens (tertiary/aromatic N) is 4. The van der Waals surface area contributed by atoms with Crippen molar-refractivity contribution in [3.63, 3.8) is 0 Å². The van der Waals surface area contributed by atoms with Crippen molar-refractivity contribution < 1.29 is 4.79 Å². The van der Waals surface area contributed by atoms with Crippen LogP contribution in [0.3, 0.4) is 0 Å². The van der Waals surface area contributed by atoms with E-state index in [0.29, 0.717) is 12.6 Å². The number of amides is 1. The Morgan fingerprint density at radius 1 is 1.42 bits per heavy atom. The number of carbonyl (C=O) groups is 1. The zero-order valence-electron chi connectivity index (χ0n) is 11.7. The first-order valence-electron chi connectivity index (χ1n) is 6.61. The summed E-state index contributed by atoms with van der Waals surface area (Å²) in [5.74, 6) is 0.891. The molecule has 0 unspecified atom stereocenters. The number of hydrogen-bond donors (Lipinski definition) is 1. The molecule has 1 amide bonds. The Bertz CT molecular complexity index is 422. The van der Waals surface area contributed by atoms with Gasteiger partial charge >= 0.3 is 0 Å². The molecule has 0 aliphatic carbocycles. The van der Waals surface area contributed by atoms with E-state index in [-0.39, 0.29) is 11.9 Å². The van der Waals surface area contributed by atoms with E-state index in [9.17, 15) is 4.79 Å². The maximum Gasteiger partial charge on any atom is 0.238 e. The van der Waals surface area contributed by atoms with Gasteiger partial charge in [-0.3, -0.25) is 14.7 Å². The van der Waals surface area contributed by atoms with Crippen LogP contribution in [0.5, 0.6) is 0 Å². The molecule has 1 aromatic heterocycles. The molecule has 1 N–H and O–H groups in total. The van der Waals surface area contributed by atoms with Crippen LogP contribution in [0.1, 0.15) is 13.8 Å². The van der Waals surface area contributed by atoms with Crippen molar-refractivity contribution in [2.45, 2.75) is 25.9 Å². The monoisotopic (exact) mass is 263 g/mol. The Balaban J connectivity index is 2.15. The van der Waals surface area contributed by atoms with Crippen LogP contribution in [-0.2, 0) is 4.79 Å². The summed E-state index contributed by atoms with van der Waals surface area (Å²) in [5.41, 5.74) is 0. The summed E-state index contributed by atoms with van der Waals surface area (Å²) in [4.78, 5) is 24.8. The largest absolute Gasteiger partial charge is 0.358 e. The zero-order valence-corrected chi connectivity index (χ0v) is 11.7. The summed E-state index contributed by atoms with van der Waals surface area (Å²) >= 11 is 0. The number of likely N-dealkylation sites (N-methyl/N-ethyl adjacent to an activating group) is 1. The molecule has 1 aliphatic rings. The third kappa shape index (κ3) is 3.01. The Morgan fingerprint density at radius 3 is 2.79 bits per heavy atom. The van der Waals surface area contributed by atoms with Crippen molar-refractivity contribution >= 4 is 11.7 Å². The molecule has 1 saturated heterocycles. The van der Waals surface area contributed by atoms with E-state index in [0.717, 1.165) is 18.9 Å². The molecule has 6 nitrogen and oxygen atoms in total. The molecule has 6 heteroatoms. The second-order valence-corrected chi connectivity index (χ2v) is 4.97. The van der Waals surface area contributed by atoms with Gasteiger partial charge in [-0.05, 0) is 13.8 Å². The van der Waals surface area contributed by atoms with Crippen molar-refractivity contribution in [2.24, 2.45) is 0 Å². The van der Waals surface area contributed by atoms with Crippen LogP contribution in [0.15, 0.2) is 18.6 Å². The molecular formula is C13H21N5O. The van der Waals surface area contributed by atoms with Gasteiger partial charge in [0, 0.05) is 45.1 Å². The molecule has 1 aromatic rings. The van der Waals surface area contributed by atoms with Crippen LogP contribution in [-0.4, -0.2) is 59.5 Å². The summed E-state index contributed by atoms with van der Waals surface area (Å²) in [5, 5.41) is 2.75. The molecular weight excluding hydrogens is 242 g/mol. The Morgan fingerprint density at radius 2 is 2.21 bits per heavy atom. The molecule has 1 fully saturated rings. The van der Waals surface area contributed by atoms with Gasteiger partial charge in [0.1, 0.15) is 11.9 Å². The molecule has 104 valence electrons. The summed E-state index contributed by atoms with van der Waals surface area (Å²) in [6.45, 7) is 6.61. The van der Waals surface area contributed by atoms with Gasteiger partial charge in [-0.1, -0.05) is 0 Å². The minimum absolute atomic E-state index is 0.0577. The van der Waals surface area contributed by atoms with E-state index in [1.165, 1.54) is 0 Å². The molecule has 2 heterocycles. The second kappa shape index (κ2) is 5.97. The lowest BCUT2D eigenvalue weighted by Crippen LogP contribution is -2.60. The van der Waals surface area contributed by atoms with E-state index < -0.39 is 0 Å². The lowest BCUT2D eigenvalue weighted by molar-refractivity contribution is -0.127. The van der Waals surface area contributed by atoms with Crippen LogP contribution in [0.25, 0.3) is 0 Å². The SMILES string of the molecule is CNC(=O)[C@@H]1CN(c2cnccn2)CCN1C(C)C. The van der Waals surface area contributed by atoms with Crippen LogP contribution < -0.4 is 10.2 Å². The average Bonchev–Trinajstić information content (AvgIpc) is 2.46. The van der Waals surface area contributed by atoms with Gasteiger partial charge in [0.15, 0.2) is 0 Å². The van der Waals surface area contributed by atoms with Crippen molar-refractivity contribution in [3.05, 3.63) is 18.6 Å². The first-order chi connectivity index (χ1) is 9.13. The molecule has 0 bridgehead atoms. The Hall–Kier alpha value is -1.69. The maximum atomic E-state index is 12.0. The third-order valence-corrected chi connectivity index (χ3v) is 3.51. The van der Waals surface area contributed by atoms with Crippen LogP contribution in [0, 0.1) is 0 Å². The average molecular weight is 263 g/mol. The number of piperazine rings is 1. The Kier molecular flexibility index (Phi) is 4.31. The summed E-state index contributed by atoms with van der Waals surface area (Å²) in [6, 6.07) is 0.215. The molecule has 19 heavy (non-hydrogen) atoms. The number of rotatable bonds is 3. The smallest absolute Gasteiger partial charge is 0.238 e. The van der Waals surface area contributed by atoms with E-state index in [1.54, 1.807) is 25.6 Å². The van der Waals surface area contributed by atoms with Crippen LogP contribution in [0.2, 0.25) is 0 Å². The minimum Gasteiger partial charge on any atom is -0.358 e. The standard InChI is InChI=1S/C13H21N5O/c1-10(2)18-7-6-17(9-11(18)13(19)14-3)12-8-15-4-5-16-12/h4-5,8,10-11H,6-7,9H2,1-3H3,(H,14,19)/t11-/m0/s1. The van der Waals surface area contributed by atoms with Gasteiger partial charge in [-0.25, -0.2) is 4.98 Å². The molecule has 0 radical (unpaired) electrons. The molecule has 1 atom stereocenters. The maximum absolute atomic E-state index is 12.0. The number of nitrogens with one attached hydrogen (secondary N) is 1. The highest BCUT2D eigenvalue weighted by Crippen LogP contribution is 2.18. The second-order valence-electron chi connectivity index (χ2n) is 4.97. The minimum atomic E-state index is -0.138. The van der Waals surface area contributed by atoms with Gasteiger partial charge in [-0.15, -0.1) is 0 Å². The van der Waals surface area contributed by atoms with Crippen LogP contribution >= 0.6 is 0 Å². The highest BCUT2D eigenvalue weighted by Gasteiger charge is 2.33. The fraction of sp³-hybridized carbons (Fsp3) is 0.615. The van der Waals surface area contributed by atoms with E-state index in [4.69, 9.17) is 0 Å². The zero-order chi connectivity index (χ0) is 13.8. The predicted molar refractivity (Wildman–Crippen MR) is 73.9 cm³/mol. The Labute approximate surface area is 113 Å². The topological polar surface area (TPSA) is 61.4 Å². The van der Waals surface area contributed by atoms with Gasteiger partial charge in [0.05, 0.1) is 6.20 Å². The van der Waals surface area contributed by atoms with E-state index >= 15 is 0 Å². The normalized spacial score (nSPS) is 20.6. The molecule has 0 spiro atoms. The lowest BCUT2D eigenvalue weighted by atomic mass is 10.1. The summed E-state index contributed by atoms with van der Waals surface area (Å²) < 4.78 is 0. The highest BCUT2D eigenvalue weighted by molar-refractivity contribution is 5.82. The fourth-order valence-electron chi connectivity index (χ4n) is 2.48. The molecule has 2 rings (SSSR count). The predicted octanol–water partition coefficient (Wildman–Crippen LogP) is 0.122. The summed E-state index contributed by atoms with van der Waals surface area (Å²) in [6.07, 6.45) is 5.08. The molecule has 1 aliphatic heterocycles. The third-order valence-electron chi connectivity index (χ3n) is 3.51. The first-order valence-corrected chi connectivity index (χ1v) is 6.61. The quantitative estimate of drug-likeness (QED) is 0.839.